The number of rotatable bonds is 6. The molecule has 1 aromatic carbocycles. The third kappa shape index (κ3) is 3.64. The predicted molar refractivity (Wildman–Crippen MR) is 74.9 cm³/mol. The largest absolute Gasteiger partial charge is 0.436 e. The number of nitrogen functional groups attached to an aromatic ring is 1. The normalized spacial score (nSPS) is 10.3. The number of hydrogen-bond donors (Lipinski definition) is 2. The van der Waals surface area contributed by atoms with E-state index in [-0.39, 0.29) is 11.8 Å². The first-order valence-electron chi connectivity index (χ1n) is 6.49. The Morgan fingerprint density at radius 3 is 2.70 bits per heavy atom. The molecule has 0 aliphatic carbocycles. The first-order valence-corrected chi connectivity index (χ1v) is 6.49. The van der Waals surface area contributed by atoms with Crippen molar-refractivity contribution in [2.75, 3.05) is 5.43 Å². The highest BCUT2D eigenvalue weighted by Crippen LogP contribution is 2.23. The molecule has 0 amide bonds. The molecule has 2 rings (SSSR count). The molecule has 0 fully saturated rings. The van der Waals surface area contributed by atoms with Gasteiger partial charge in [0.25, 0.3) is 5.88 Å². The van der Waals surface area contributed by atoms with Crippen molar-refractivity contribution in [1.29, 1.82) is 0 Å². The molecule has 0 spiro atoms. The number of ether oxygens (including phenoxy) is 1. The summed E-state index contributed by atoms with van der Waals surface area (Å²) >= 11 is 0. The minimum absolute atomic E-state index is 0.0981. The van der Waals surface area contributed by atoms with Crippen molar-refractivity contribution in [2.45, 2.75) is 26.2 Å². The molecule has 0 saturated carbocycles. The number of aromatic nitrogens is 2. The van der Waals surface area contributed by atoms with Gasteiger partial charge in [-0.2, -0.15) is 9.37 Å². The van der Waals surface area contributed by atoms with Gasteiger partial charge in [0.1, 0.15) is 5.75 Å². The number of nitrogens with one attached hydrogen (secondary N) is 1. The van der Waals surface area contributed by atoms with Crippen molar-refractivity contribution in [3.63, 3.8) is 0 Å². The third-order valence-corrected chi connectivity index (χ3v) is 2.80. The molecule has 0 saturated heterocycles. The molecule has 0 aliphatic rings. The van der Waals surface area contributed by atoms with Crippen LogP contribution in [0.4, 0.5) is 10.3 Å². The van der Waals surface area contributed by atoms with Gasteiger partial charge < -0.3 is 4.74 Å². The molecule has 106 valence electrons. The second-order valence-corrected chi connectivity index (χ2v) is 4.34. The summed E-state index contributed by atoms with van der Waals surface area (Å²) in [5.41, 5.74) is 3.47. The summed E-state index contributed by atoms with van der Waals surface area (Å²) in [6, 6.07) is 7.52. The van der Waals surface area contributed by atoms with Gasteiger partial charge in [0.2, 0.25) is 11.8 Å². The van der Waals surface area contributed by atoms with Crippen LogP contribution in [0, 0.1) is 5.82 Å². The van der Waals surface area contributed by atoms with E-state index < -0.39 is 5.82 Å². The van der Waals surface area contributed by atoms with Gasteiger partial charge in [0.05, 0.1) is 6.20 Å². The Hall–Kier alpha value is -2.21. The van der Waals surface area contributed by atoms with Crippen LogP contribution in [0.25, 0.3) is 0 Å². The molecule has 2 aromatic rings. The van der Waals surface area contributed by atoms with Gasteiger partial charge in [-0.15, -0.1) is 0 Å². The van der Waals surface area contributed by atoms with Crippen molar-refractivity contribution in [2.24, 2.45) is 5.84 Å². The van der Waals surface area contributed by atoms with Crippen LogP contribution in [0.2, 0.25) is 0 Å². The van der Waals surface area contributed by atoms with E-state index in [2.05, 4.69) is 22.3 Å². The minimum atomic E-state index is -0.640. The Bertz CT molecular complexity index is 560. The Labute approximate surface area is 117 Å². The van der Waals surface area contributed by atoms with Crippen molar-refractivity contribution in [3.05, 3.63) is 41.8 Å². The van der Waals surface area contributed by atoms with E-state index in [4.69, 9.17) is 10.6 Å². The highest BCUT2D eigenvalue weighted by molar-refractivity contribution is 5.33. The lowest BCUT2D eigenvalue weighted by Crippen LogP contribution is -2.11. The number of unbranched alkanes of at least 4 members (excludes halogenated alkanes) is 1. The fraction of sp³-hybridized carbons (Fsp3) is 0.286. The summed E-state index contributed by atoms with van der Waals surface area (Å²) in [5, 5.41) is 0. The van der Waals surface area contributed by atoms with Gasteiger partial charge in [-0.3, -0.25) is 5.43 Å². The van der Waals surface area contributed by atoms with Crippen LogP contribution in [0.3, 0.4) is 0 Å². The van der Waals surface area contributed by atoms with Gasteiger partial charge in [-0.1, -0.05) is 25.5 Å². The van der Waals surface area contributed by atoms with Crippen LogP contribution >= 0.6 is 0 Å². The van der Waals surface area contributed by atoms with Gasteiger partial charge in [-0.25, -0.2) is 10.8 Å². The van der Waals surface area contributed by atoms with E-state index >= 15 is 0 Å². The zero-order valence-electron chi connectivity index (χ0n) is 11.3. The van der Waals surface area contributed by atoms with Crippen LogP contribution in [0.5, 0.6) is 11.6 Å². The van der Waals surface area contributed by atoms with E-state index in [1.165, 1.54) is 5.56 Å². The zero-order chi connectivity index (χ0) is 14.4. The molecule has 1 aromatic heterocycles. The third-order valence-electron chi connectivity index (χ3n) is 2.80. The van der Waals surface area contributed by atoms with Crippen LogP contribution in [-0.2, 0) is 6.42 Å². The lowest BCUT2D eigenvalue weighted by atomic mass is 10.1. The maximum atomic E-state index is 13.5. The first-order chi connectivity index (χ1) is 9.72. The van der Waals surface area contributed by atoms with Crippen LogP contribution in [0.15, 0.2) is 30.5 Å². The maximum Gasteiger partial charge on any atom is 0.260 e. The Balaban J connectivity index is 2.09. The molecule has 20 heavy (non-hydrogen) atoms. The highest BCUT2D eigenvalue weighted by atomic mass is 19.1. The van der Waals surface area contributed by atoms with E-state index in [1.807, 2.05) is 12.1 Å². The number of nitrogens with two attached hydrogens (primary N) is 1. The molecule has 5 nitrogen and oxygen atoms in total. The highest BCUT2D eigenvalue weighted by Gasteiger charge is 2.09. The molecule has 0 unspecified atom stereocenters. The molecule has 0 bridgehead atoms. The minimum Gasteiger partial charge on any atom is -0.436 e. The number of hydrogen-bond acceptors (Lipinski definition) is 5. The molecule has 1 heterocycles. The fourth-order valence-electron chi connectivity index (χ4n) is 1.71. The molecular weight excluding hydrogens is 259 g/mol. The van der Waals surface area contributed by atoms with Gasteiger partial charge >= 0.3 is 0 Å². The summed E-state index contributed by atoms with van der Waals surface area (Å²) in [4.78, 5) is 7.46. The average Bonchev–Trinajstić information content (AvgIpc) is 2.49. The van der Waals surface area contributed by atoms with Crippen LogP contribution in [-0.4, -0.2) is 9.97 Å². The zero-order valence-corrected chi connectivity index (χ0v) is 11.3. The summed E-state index contributed by atoms with van der Waals surface area (Å²) in [5.74, 6) is 5.00. The Kier molecular flexibility index (Phi) is 4.84. The monoisotopic (exact) mass is 276 g/mol. The van der Waals surface area contributed by atoms with Gasteiger partial charge in [0, 0.05) is 0 Å². The van der Waals surface area contributed by atoms with Crippen LogP contribution < -0.4 is 16.0 Å². The van der Waals surface area contributed by atoms with E-state index in [0.29, 0.717) is 5.75 Å². The summed E-state index contributed by atoms with van der Waals surface area (Å²) < 4.78 is 18.9. The maximum absolute atomic E-state index is 13.5. The number of aryl methyl sites for hydroxylation is 1. The quantitative estimate of drug-likeness (QED) is 0.626. The lowest BCUT2D eigenvalue weighted by Gasteiger charge is -2.07. The summed E-state index contributed by atoms with van der Waals surface area (Å²) in [7, 11) is 0. The number of nitrogens with zero attached hydrogens (tertiary/aromatic N) is 2. The number of anilines is 1. The van der Waals surface area contributed by atoms with Gasteiger partial charge in [-0.05, 0) is 30.5 Å². The SMILES string of the molecule is CCCCc1ccc(Oc2nc(NN)ncc2F)cc1. The first kappa shape index (κ1) is 14.2. The summed E-state index contributed by atoms with van der Waals surface area (Å²) in [6.45, 7) is 2.15. The standard InChI is InChI=1S/C14H17FN4O/c1-2-3-4-10-5-7-11(8-6-10)20-13-12(15)9-17-14(18-13)19-16/h5-9H,2-4,16H2,1H3,(H,17,18,19). The van der Waals surface area contributed by atoms with E-state index in [1.54, 1.807) is 12.1 Å². The topological polar surface area (TPSA) is 73.1 Å². The second-order valence-electron chi connectivity index (χ2n) is 4.34. The smallest absolute Gasteiger partial charge is 0.260 e. The molecule has 3 N–H and O–H groups in total. The Morgan fingerprint density at radius 1 is 1.30 bits per heavy atom. The van der Waals surface area contributed by atoms with E-state index in [9.17, 15) is 4.39 Å². The number of halogens is 1. The van der Waals surface area contributed by atoms with Crippen LogP contribution in [0.1, 0.15) is 25.3 Å². The number of benzene rings is 1. The molecule has 0 radical (unpaired) electrons. The predicted octanol–water partition coefficient (Wildman–Crippen LogP) is 3.04. The molecular formula is C14H17FN4O. The molecule has 0 aliphatic heterocycles. The fourth-order valence-corrected chi connectivity index (χ4v) is 1.71. The molecule has 0 atom stereocenters. The summed E-state index contributed by atoms with van der Waals surface area (Å²) in [6.07, 6.45) is 4.33. The van der Waals surface area contributed by atoms with Crippen molar-refractivity contribution in [1.82, 2.24) is 9.97 Å². The van der Waals surface area contributed by atoms with Crippen molar-refractivity contribution in [3.8, 4) is 11.6 Å². The molecule has 6 heteroatoms. The van der Waals surface area contributed by atoms with E-state index in [0.717, 1.165) is 25.5 Å². The Morgan fingerprint density at radius 2 is 2.05 bits per heavy atom. The second kappa shape index (κ2) is 6.81. The lowest BCUT2D eigenvalue weighted by molar-refractivity contribution is 0.420. The average molecular weight is 276 g/mol. The van der Waals surface area contributed by atoms with Crippen molar-refractivity contribution < 1.29 is 9.13 Å². The van der Waals surface area contributed by atoms with Gasteiger partial charge in [0.15, 0.2) is 0 Å². The van der Waals surface area contributed by atoms with Crippen molar-refractivity contribution >= 4 is 5.95 Å². The number of hydrazine groups is 1.